The van der Waals surface area contributed by atoms with Gasteiger partial charge < -0.3 is 15.0 Å². The minimum atomic E-state index is -0.407. The number of nitrogens with zero attached hydrogens (tertiary/aromatic N) is 3. The van der Waals surface area contributed by atoms with E-state index < -0.39 is 5.69 Å². The van der Waals surface area contributed by atoms with Crippen LogP contribution in [0.15, 0.2) is 27.8 Å². The Hall–Kier alpha value is -2.98. The second-order valence-corrected chi connectivity index (χ2v) is 8.18. The van der Waals surface area contributed by atoms with E-state index in [2.05, 4.69) is 20.2 Å². The lowest BCUT2D eigenvalue weighted by molar-refractivity contribution is 0.0145. The quantitative estimate of drug-likeness (QED) is 0.632. The summed E-state index contributed by atoms with van der Waals surface area (Å²) in [6.07, 6.45) is 0.0448. The van der Waals surface area contributed by atoms with Crippen molar-refractivity contribution in [3.05, 3.63) is 55.3 Å². The van der Waals surface area contributed by atoms with Gasteiger partial charge in [-0.25, -0.2) is 9.78 Å². The molecule has 0 atom stereocenters. The Labute approximate surface area is 170 Å². The van der Waals surface area contributed by atoms with Gasteiger partial charge in [0.15, 0.2) is 0 Å². The Morgan fingerprint density at radius 3 is 2.83 bits per heavy atom. The molecule has 9 nitrogen and oxygen atoms in total. The van der Waals surface area contributed by atoms with E-state index in [4.69, 9.17) is 4.74 Å². The van der Waals surface area contributed by atoms with Crippen LogP contribution in [-0.2, 0) is 13.6 Å². The van der Waals surface area contributed by atoms with Gasteiger partial charge in [0.2, 0.25) is 0 Å². The van der Waals surface area contributed by atoms with Gasteiger partial charge in [0.05, 0.1) is 11.2 Å². The second-order valence-electron chi connectivity index (χ2n) is 7.04. The number of nitrogens with one attached hydrogen (secondary N) is 2. The Kier molecular flexibility index (Phi) is 4.97. The van der Waals surface area contributed by atoms with E-state index >= 15 is 0 Å². The number of aromatic nitrogens is 3. The number of rotatable bonds is 5. The van der Waals surface area contributed by atoms with Crippen LogP contribution in [0.3, 0.4) is 0 Å². The lowest BCUT2D eigenvalue weighted by Gasteiger charge is -2.38. The highest BCUT2D eigenvalue weighted by Gasteiger charge is 2.29. The predicted octanol–water partition coefficient (Wildman–Crippen LogP) is 0.615. The summed E-state index contributed by atoms with van der Waals surface area (Å²) in [7, 11) is 3.04. The number of pyridine rings is 1. The van der Waals surface area contributed by atoms with Gasteiger partial charge >= 0.3 is 5.69 Å². The van der Waals surface area contributed by atoms with Crippen molar-refractivity contribution in [2.24, 2.45) is 7.05 Å². The molecule has 0 unspecified atom stereocenters. The van der Waals surface area contributed by atoms with Gasteiger partial charge in [-0.1, -0.05) is 0 Å². The Morgan fingerprint density at radius 1 is 1.38 bits per heavy atom. The average Bonchev–Trinajstić information content (AvgIpc) is 3.07. The number of thiophene rings is 1. The summed E-state index contributed by atoms with van der Waals surface area (Å²) >= 11 is 1.40. The predicted molar refractivity (Wildman–Crippen MR) is 110 cm³/mol. The summed E-state index contributed by atoms with van der Waals surface area (Å²) < 4.78 is 7.64. The summed E-state index contributed by atoms with van der Waals surface area (Å²) in [6.45, 7) is 4.01. The molecule has 0 saturated carbocycles. The van der Waals surface area contributed by atoms with Crippen molar-refractivity contribution in [2.75, 3.05) is 20.1 Å². The van der Waals surface area contributed by atoms with E-state index in [0.717, 1.165) is 22.5 Å². The summed E-state index contributed by atoms with van der Waals surface area (Å²) in [5.74, 6) is 0.444. The second kappa shape index (κ2) is 7.45. The molecule has 0 radical (unpaired) electrons. The molecule has 152 valence electrons. The molecule has 1 fully saturated rings. The van der Waals surface area contributed by atoms with Gasteiger partial charge in [-0.3, -0.25) is 19.1 Å². The lowest BCUT2D eigenvalue weighted by atomic mass is 10.1. The first-order chi connectivity index (χ1) is 13.9. The molecule has 4 heterocycles. The smallest absolute Gasteiger partial charge is 0.328 e. The molecule has 1 amide bonds. The van der Waals surface area contributed by atoms with E-state index in [9.17, 15) is 14.4 Å². The number of hydrogen-bond donors (Lipinski definition) is 2. The monoisotopic (exact) mass is 415 g/mol. The van der Waals surface area contributed by atoms with E-state index in [-0.39, 0.29) is 17.6 Å². The van der Waals surface area contributed by atoms with Crippen molar-refractivity contribution in [1.29, 1.82) is 0 Å². The zero-order valence-corrected chi connectivity index (χ0v) is 17.1. The van der Waals surface area contributed by atoms with Crippen LogP contribution in [-0.4, -0.2) is 51.6 Å². The van der Waals surface area contributed by atoms with E-state index in [1.54, 1.807) is 19.2 Å². The molecule has 1 aliphatic heterocycles. The van der Waals surface area contributed by atoms with Crippen LogP contribution in [0.4, 0.5) is 0 Å². The molecular formula is C19H21N5O4S. The van der Waals surface area contributed by atoms with Gasteiger partial charge in [-0.15, -0.1) is 11.3 Å². The first-order valence-electron chi connectivity index (χ1n) is 9.16. The molecule has 0 bridgehead atoms. The molecule has 0 aliphatic carbocycles. The van der Waals surface area contributed by atoms with Gasteiger partial charge in [0, 0.05) is 38.6 Å². The molecule has 0 aromatic carbocycles. The SMILES string of the molecule is CNC(=O)c1ccc(OC2CN(Cc3cc4[nH]c(=O)n(C)c(=O)c4s3)C2)c(C)n1. The van der Waals surface area contributed by atoms with E-state index in [0.29, 0.717) is 33.9 Å². The number of carbonyl (C=O) groups excluding carboxylic acids is 1. The van der Waals surface area contributed by atoms with Crippen molar-refractivity contribution in [3.63, 3.8) is 0 Å². The van der Waals surface area contributed by atoms with Crippen LogP contribution < -0.4 is 21.3 Å². The van der Waals surface area contributed by atoms with Crippen LogP contribution in [0.2, 0.25) is 0 Å². The highest BCUT2D eigenvalue weighted by molar-refractivity contribution is 7.18. The van der Waals surface area contributed by atoms with Gasteiger partial charge in [-0.05, 0) is 25.1 Å². The van der Waals surface area contributed by atoms with Gasteiger partial charge in [-0.2, -0.15) is 0 Å². The normalized spacial score (nSPS) is 14.7. The van der Waals surface area contributed by atoms with Crippen molar-refractivity contribution in [3.8, 4) is 5.75 Å². The third-order valence-corrected chi connectivity index (χ3v) is 6.03. The number of likely N-dealkylation sites (tertiary alicyclic amines) is 1. The molecule has 0 spiro atoms. The molecular weight excluding hydrogens is 394 g/mol. The fourth-order valence-electron chi connectivity index (χ4n) is 3.27. The number of aromatic amines is 1. The number of fused-ring (bicyclic) bond motifs is 1. The maximum atomic E-state index is 12.2. The number of H-pyrrole nitrogens is 1. The van der Waals surface area contributed by atoms with E-state index in [1.807, 2.05) is 13.0 Å². The van der Waals surface area contributed by atoms with Crippen molar-refractivity contribution < 1.29 is 9.53 Å². The fourth-order valence-corrected chi connectivity index (χ4v) is 4.40. The lowest BCUT2D eigenvalue weighted by Crippen LogP contribution is -2.53. The maximum absolute atomic E-state index is 12.2. The third-order valence-electron chi connectivity index (χ3n) is 4.92. The number of ether oxygens (including phenoxy) is 1. The van der Waals surface area contributed by atoms with Gasteiger partial charge in [0.25, 0.3) is 11.5 Å². The molecule has 2 N–H and O–H groups in total. The first-order valence-corrected chi connectivity index (χ1v) is 9.98. The zero-order valence-electron chi connectivity index (χ0n) is 16.3. The Balaban J connectivity index is 1.38. The summed E-state index contributed by atoms with van der Waals surface area (Å²) in [5, 5.41) is 2.55. The van der Waals surface area contributed by atoms with Crippen LogP contribution in [0.25, 0.3) is 10.2 Å². The average molecular weight is 415 g/mol. The molecule has 3 aromatic rings. The topological polar surface area (TPSA) is 109 Å². The van der Waals surface area contributed by atoms with Gasteiger partial charge in [0.1, 0.15) is 22.2 Å². The zero-order chi connectivity index (χ0) is 20.7. The highest BCUT2D eigenvalue weighted by Crippen LogP contribution is 2.26. The molecule has 29 heavy (non-hydrogen) atoms. The van der Waals surface area contributed by atoms with Crippen LogP contribution in [0.1, 0.15) is 21.1 Å². The third kappa shape index (κ3) is 3.68. The van der Waals surface area contributed by atoms with Crippen LogP contribution in [0, 0.1) is 6.92 Å². The molecule has 3 aromatic heterocycles. The van der Waals surface area contributed by atoms with E-state index in [1.165, 1.54) is 18.4 Å². The first kappa shape index (κ1) is 19.3. The van der Waals surface area contributed by atoms with Crippen molar-refractivity contribution in [1.82, 2.24) is 24.8 Å². The largest absolute Gasteiger partial charge is 0.486 e. The Bertz CT molecular complexity index is 1210. The Morgan fingerprint density at radius 2 is 2.14 bits per heavy atom. The summed E-state index contributed by atoms with van der Waals surface area (Å²) in [5.41, 5.74) is 0.948. The number of hydrogen-bond acceptors (Lipinski definition) is 7. The molecule has 1 saturated heterocycles. The van der Waals surface area contributed by atoms with Crippen molar-refractivity contribution >= 4 is 27.5 Å². The number of amides is 1. The fraction of sp³-hybridized carbons (Fsp3) is 0.368. The molecule has 10 heteroatoms. The van der Waals surface area contributed by atoms with Crippen LogP contribution in [0.5, 0.6) is 5.75 Å². The standard InChI is InChI=1S/C19H21N5O4S/c1-10-15(5-4-13(21-10)17(25)20-2)28-11-7-24(8-11)9-12-6-14-16(29-12)18(26)23(3)19(27)22-14/h4-6,11H,7-9H2,1-3H3,(H,20,25)(H,22,27). The minimum absolute atomic E-state index is 0.0448. The number of aryl methyl sites for hydroxylation is 1. The minimum Gasteiger partial charge on any atom is -0.486 e. The number of carbonyl (C=O) groups is 1. The van der Waals surface area contributed by atoms with Crippen LogP contribution >= 0.6 is 11.3 Å². The molecule has 4 rings (SSSR count). The molecule has 1 aliphatic rings. The maximum Gasteiger partial charge on any atom is 0.328 e. The highest BCUT2D eigenvalue weighted by atomic mass is 32.1. The summed E-state index contributed by atoms with van der Waals surface area (Å²) in [4.78, 5) is 45.8. The summed E-state index contributed by atoms with van der Waals surface area (Å²) in [6, 6.07) is 5.28. The van der Waals surface area contributed by atoms with Crippen molar-refractivity contribution in [2.45, 2.75) is 19.6 Å².